The highest BCUT2D eigenvalue weighted by Crippen LogP contribution is 2.30. The lowest BCUT2D eigenvalue weighted by atomic mass is 10.1. The van der Waals surface area contributed by atoms with E-state index in [1.165, 1.54) is 0 Å². The van der Waals surface area contributed by atoms with E-state index in [1.807, 2.05) is 76.7 Å². The molecule has 0 aliphatic carbocycles. The Labute approximate surface area is 218 Å². The third kappa shape index (κ3) is 7.80. The van der Waals surface area contributed by atoms with E-state index < -0.39 is 12.0 Å². The van der Waals surface area contributed by atoms with Crippen molar-refractivity contribution >= 4 is 17.6 Å². The number of nitrogens with one attached hydrogen (secondary N) is 1. The number of imidazole rings is 1. The number of nitrogens with zero attached hydrogens (tertiary/aromatic N) is 4. The molecule has 9 heteroatoms. The summed E-state index contributed by atoms with van der Waals surface area (Å²) in [6.07, 6.45) is 3.22. The Hall–Kier alpha value is -2.91. The van der Waals surface area contributed by atoms with Gasteiger partial charge in [-0.25, -0.2) is 4.98 Å². The van der Waals surface area contributed by atoms with E-state index in [2.05, 4.69) is 19.8 Å². The van der Waals surface area contributed by atoms with Crippen LogP contribution in [-0.4, -0.2) is 71.2 Å². The summed E-state index contributed by atoms with van der Waals surface area (Å²) in [4.78, 5) is 20.4. The summed E-state index contributed by atoms with van der Waals surface area (Å²) in [6.45, 7) is 1.96. The van der Waals surface area contributed by atoms with Gasteiger partial charge in [0.05, 0.1) is 18.4 Å². The van der Waals surface area contributed by atoms with Crippen molar-refractivity contribution in [3.8, 4) is 22.8 Å². The Bertz CT molecular complexity index is 1140. The van der Waals surface area contributed by atoms with Gasteiger partial charge in [0.15, 0.2) is 0 Å². The lowest BCUT2D eigenvalue weighted by molar-refractivity contribution is -0.139. The zero-order chi connectivity index (χ0) is 26.2. The number of aliphatic carboxylic acids is 1. The molecule has 0 spiro atoms. The standard InChI is InChI=1S/C27H36ClN5O3/c1-31(2)14-6-7-23(27(34)35)29-16-20-8-11-21(28)15-25(20)36-22-12-9-19(10-13-22)24-17-30-26(33(24)5)18-32(3)4/h8-13,15,17,23,29H,6-7,14,16,18H2,1-5H3,(H,34,35)/t23-/m0/s1. The third-order valence-electron chi connectivity index (χ3n) is 5.88. The Balaban J connectivity index is 1.70. The molecule has 36 heavy (non-hydrogen) atoms. The Morgan fingerprint density at radius 2 is 1.86 bits per heavy atom. The molecular formula is C27H36ClN5O3. The van der Waals surface area contributed by atoms with Crippen LogP contribution in [0.3, 0.4) is 0 Å². The number of hydrogen-bond acceptors (Lipinski definition) is 6. The van der Waals surface area contributed by atoms with Gasteiger partial charge < -0.3 is 29.5 Å². The van der Waals surface area contributed by atoms with Crippen LogP contribution in [0, 0.1) is 0 Å². The molecule has 0 amide bonds. The minimum Gasteiger partial charge on any atom is -0.480 e. The zero-order valence-electron chi connectivity index (χ0n) is 21.7. The predicted octanol–water partition coefficient (Wildman–Crippen LogP) is 4.48. The van der Waals surface area contributed by atoms with Crippen molar-refractivity contribution in [2.24, 2.45) is 7.05 Å². The van der Waals surface area contributed by atoms with Crippen LogP contribution in [0.4, 0.5) is 0 Å². The van der Waals surface area contributed by atoms with Crippen molar-refractivity contribution in [2.75, 3.05) is 34.7 Å². The Kier molecular flexibility index (Phi) is 9.89. The molecule has 0 unspecified atom stereocenters. The van der Waals surface area contributed by atoms with E-state index in [-0.39, 0.29) is 0 Å². The number of carbonyl (C=O) groups is 1. The Morgan fingerprint density at radius 3 is 2.50 bits per heavy atom. The summed E-state index contributed by atoms with van der Waals surface area (Å²) in [5, 5.41) is 13.3. The number of carboxylic acids is 1. The average molecular weight is 514 g/mol. The monoisotopic (exact) mass is 513 g/mol. The van der Waals surface area contributed by atoms with Gasteiger partial charge in [-0.2, -0.15) is 0 Å². The van der Waals surface area contributed by atoms with E-state index in [1.54, 1.807) is 12.1 Å². The van der Waals surface area contributed by atoms with E-state index in [4.69, 9.17) is 16.3 Å². The van der Waals surface area contributed by atoms with Crippen molar-refractivity contribution in [3.63, 3.8) is 0 Å². The molecule has 0 fully saturated rings. The fourth-order valence-corrected chi connectivity index (χ4v) is 4.06. The van der Waals surface area contributed by atoms with Crippen LogP contribution < -0.4 is 10.1 Å². The van der Waals surface area contributed by atoms with Gasteiger partial charge in [-0.05, 0) is 84.0 Å². The van der Waals surface area contributed by atoms with Crippen LogP contribution in [0.15, 0.2) is 48.7 Å². The number of hydrogen-bond donors (Lipinski definition) is 2. The maximum absolute atomic E-state index is 11.7. The Morgan fingerprint density at radius 1 is 1.14 bits per heavy atom. The predicted molar refractivity (Wildman–Crippen MR) is 144 cm³/mol. The van der Waals surface area contributed by atoms with Crippen LogP contribution in [-0.2, 0) is 24.9 Å². The first-order chi connectivity index (χ1) is 17.1. The molecule has 1 aromatic heterocycles. The molecule has 2 N–H and O–H groups in total. The lowest BCUT2D eigenvalue weighted by Gasteiger charge is -2.18. The van der Waals surface area contributed by atoms with Crippen LogP contribution in [0.1, 0.15) is 24.2 Å². The molecule has 0 radical (unpaired) electrons. The van der Waals surface area contributed by atoms with Gasteiger partial charge >= 0.3 is 5.97 Å². The summed E-state index contributed by atoms with van der Waals surface area (Å²) < 4.78 is 8.26. The molecule has 2 aromatic carbocycles. The summed E-state index contributed by atoms with van der Waals surface area (Å²) in [6, 6.07) is 12.6. The molecular weight excluding hydrogens is 478 g/mol. The molecule has 8 nitrogen and oxygen atoms in total. The minimum atomic E-state index is -0.857. The molecule has 0 bridgehead atoms. The third-order valence-corrected chi connectivity index (χ3v) is 6.12. The number of rotatable bonds is 13. The minimum absolute atomic E-state index is 0.354. The quantitative estimate of drug-likeness (QED) is 0.348. The highest BCUT2D eigenvalue weighted by Gasteiger charge is 2.18. The first kappa shape index (κ1) is 27.7. The highest BCUT2D eigenvalue weighted by atomic mass is 35.5. The molecule has 0 saturated heterocycles. The number of aromatic nitrogens is 2. The fourth-order valence-electron chi connectivity index (χ4n) is 3.89. The second kappa shape index (κ2) is 12.9. The molecule has 0 aliphatic rings. The smallest absolute Gasteiger partial charge is 0.320 e. The van der Waals surface area contributed by atoms with Crippen molar-refractivity contribution in [3.05, 3.63) is 65.1 Å². The summed E-state index contributed by atoms with van der Waals surface area (Å²) in [7, 11) is 10.0. The largest absolute Gasteiger partial charge is 0.480 e. The van der Waals surface area contributed by atoms with Gasteiger partial charge in [-0.15, -0.1) is 0 Å². The van der Waals surface area contributed by atoms with E-state index >= 15 is 0 Å². The molecule has 194 valence electrons. The zero-order valence-corrected chi connectivity index (χ0v) is 22.4. The highest BCUT2D eigenvalue weighted by molar-refractivity contribution is 6.30. The molecule has 0 saturated carbocycles. The van der Waals surface area contributed by atoms with Crippen LogP contribution >= 0.6 is 11.6 Å². The first-order valence-corrected chi connectivity index (χ1v) is 12.3. The van der Waals surface area contributed by atoms with Crippen LogP contribution in [0.2, 0.25) is 5.02 Å². The molecule has 1 atom stereocenters. The number of ether oxygens (including phenoxy) is 1. The first-order valence-electron chi connectivity index (χ1n) is 12.0. The van der Waals surface area contributed by atoms with E-state index in [0.717, 1.165) is 42.2 Å². The van der Waals surface area contributed by atoms with Gasteiger partial charge in [-0.1, -0.05) is 17.7 Å². The number of benzene rings is 2. The number of carboxylic acid groups (broad SMARTS) is 1. The van der Waals surface area contributed by atoms with Gasteiger partial charge in [-0.3, -0.25) is 4.79 Å². The van der Waals surface area contributed by atoms with Crippen molar-refractivity contribution in [1.82, 2.24) is 24.7 Å². The fraction of sp³-hybridized carbons (Fsp3) is 0.407. The van der Waals surface area contributed by atoms with Gasteiger partial charge in [0.2, 0.25) is 0 Å². The molecule has 3 aromatic rings. The molecule has 0 aliphatic heterocycles. The van der Waals surface area contributed by atoms with E-state index in [9.17, 15) is 9.90 Å². The van der Waals surface area contributed by atoms with Gasteiger partial charge in [0.25, 0.3) is 0 Å². The average Bonchev–Trinajstić information content (AvgIpc) is 3.16. The van der Waals surface area contributed by atoms with E-state index in [0.29, 0.717) is 29.5 Å². The maximum Gasteiger partial charge on any atom is 0.320 e. The topological polar surface area (TPSA) is 82.9 Å². The number of halogens is 1. The maximum atomic E-state index is 11.7. The second-order valence-corrected chi connectivity index (χ2v) is 9.89. The molecule has 1 heterocycles. The second-order valence-electron chi connectivity index (χ2n) is 9.45. The summed E-state index contributed by atoms with van der Waals surface area (Å²) in [5.74, 6) is 1.39. The SMILES string of the molecule is CN(C)CCC[C@H](NCc1ccc(Cl)cc1Oc1ccc(-c2cnc(CN(C)C)n2C)cc1)C(=O)O. The van der Waals surface area contributed by atoms with Gasteiger partial charge in [0.1, 0.15) is 23.4 Å². The lowest BCUT2D eigenvalue weighted by Crippen LogP contribution is -2.36. The van der Waals surface area contributed by atoms with Gasteiger partial charge in [0, 0.05) is 29.7 Å². The summed E-state index contributed by atoms with van der Waals surface area (Å²) >= 11 is 6.24. The van der Waals surface area contributed by atoms with Crippen LogP contribution in [0.5, 0.6) is 11.5 Å². The normalized spacial score (nSPS) is 12.3. The van der Waals surface area contributed by atoms with Crippen LogP contribution in [0.25, 0.3) is 11.3 Å². The summed E-state index contributed by atoms with van der Waals surface area (Å²) in [5.41, 5.74) is 2.90. The van der Waals surface area contributed by atoms with Crippen molar-refractivity contribution < 1.29 is 14.6 Å². The molecule has 3 rings (SSSR count). The van der Waals surface area contributed by atoms with Crippen molar-refractivity contribution in [1.29, 1.82) is 0 Å². The van der Waals surface area contributed by atoms with Crippen molar-refractivity contribution in [2.45, 2.75) is 32.0 Å².